The number of hydrogen-bond acceptors (Lipinski definition) is 3. The molecule has 0 aliphatic carbocycles. The first kappa shape index (κ1) is 12.0. The molecule has 0 bridgehead atoms. The van der Waals surface area contributed by atoms with Crippen molar-refractivity contribution in [2.45, 2.75) is 12.8 Å². The molecule has 1 aromatic carbocycles. The van der Waals surface area contributed by atoms with Crippen molar-refractivity contribution in [1.82, 2.24) is 0 Å². The second kappa shape index (κ2) is 4.63. The summed E-state index contributed by atoms with van der Waals surface area (Å²) in [5.41, 5.74) is 6.73. The van der Waals surface area contributed by atoms with Gasteiger partial charge in [0.25, 0.3) is 0 Å². The number of nitrogens with two attached hydrogens (primary N) is 1. The average molecular weight is 274 g/mol. The average Bonchev–Trinajstić information content (AvgIpc) is 2.18. The highest BCUT2D eigenvalue weighted by Crippen LogP contribution is 2.32. The van der Waals surface area contributed by atoms with Gasteiger partial charge in [-0.1, -0.05) is 6.07 Å². The summed E-state index contributed by atoms with van der Waals surface area (Å²) in [7, 11) is 0. The van der Waals surface area contributed by atoms with Crippen LogP contribution in [0.15, 0.2) is 16.6 Å². The largest absolute Gasteiger partial charge is 0.507 e. The van der Waals surface area contributed by atoms with Gasteiger partial charge in [0, 0.05) is 6.54 Å². The van der Waals surface area contributed by atoms with Gasteiger partial charge in [-0.3, -0.25) is 4.79 Å². The van der Waals surface area contributed by atoms with Crippen LogP contribution in [0.25, 0.3) is 0 Å². The van der Waals surface area contributed by atoms with E-state index in [2.05, 4.69) is 15.9 Å². The first-order valence-electron chi connectivity index (χ1n) is 4.39. The van der Waals surface area contributed by atoms with Gasteiger partial charge in [-0.05, 0) is 40.0 Å². The van der Waals surface area contributed by atoms with Gasteiger partial charge < -0.3 is 15.9 Å². The highest BCUT2D eigenvalue weighted by molar-refractivity contribution is 9.10. The van der Waals surface area contributed by atoms with Crippen LogP contribution in [0.2, 0.25) is 0 Å². The fraction of sp³-hybridized carbons (Fsp3) is 0.300. The summed E-state index contributed by atoms with van der Waals surface area (Å²) in [6.07, 6.45) is 0. The predicted molar refractivity (Wildman–Crippen MR) is 60.0 cm³/mol. The summed E-state index contributed by atoms with van der Waals surface area (Å²) in [6.45, 7) is 1.78. The normalized spacial score (nSPS) is 12.5. The lowest BCUT2D eigenvalue weighted by Gasteiger charge is -2.14. The Bertz CT molecular complexity index is 392. The third-order valence-corrected chi connectivity index (χ3v) is 3.32. The third-order valence-electron chi connectivity index (χ3n) is 2.32. The number of hydrogen-bond donors (Lipinski definition) is 3. The van der Waals surface area contributed by atoms with Gasteiger partial charge in [-0.2, -0.15) is 0 Å². The molecule has 82 valence electrons. The van der Waals surface area contributed by atoms with Crippen molar-refractivity contribution < 1.29 is 15.0 Å². The molecule has 5 heteroatoms. The van der Waals surface area contributed by atoms with Gasteiger partial charge in [-0.15, -0.1) is 0 Å². The Hall–Kier alpha value is -1.07. The molecular weight excluding hydrogens is 262 g/mol. The minimum atomic E-state index is -0.960. The van der Waals surface area contributed by atoms with Crippen molar-refractivity contribution in [3.8, 4) is 5.75 Å². The van der Waals surface area contributed by atoms with Crippen LogP contribution in [0.5, 0.6) is 5.75 Å². The molecule has 1 atom stereocenters. The number of phenols is 1. The Morgan fingerprint density at radius 3 is 2.67 bits per heavy atom. The van der Waals surface area contributed by atoms with Gasteiger partial charge in [0.1, 0.15) is 5.75 Å². The maximum atomic E-state index is 10.9. The lowest BCUT2D eigenvalue weighted by molar-refractivity contribution is -0.138. The number of benzene rings is 1. The number of carbonyl (C=O) groups is 1. The molecule has 0 spiro atoms. The van der Waals surface area contributed by atoms with Crippen LogP contribution in [0.4, 0.5) is 0 Å². The molecule has 0 aliphatic heterocycles. The molecule has 0 amide bonds. The maximum Gasteiger partial charge on any atom is 0.312 e. The van der Waals surface area contributed by atoms with Crippen LogP contribution in [-0.4, -0.2) is 22.7 Å². The van der Waals surface area contributed by atoms with E-state index < -0.39 is 11.9 Å². The second-order valence-electron chi connectivity index (χ2n) is 3.24. The molecule has 1 rings (SSSR count). The molecule has 4 N–H and O–H groups in total. The van der Waals surface area contributed by atoms with Crippen LogP contribution >= 0.6 is 15.9 Å². The van der Waals surface area contributed by atoms with E-state index in [4.69, 9.17) is 10.8 Å². The number of phenolic OH excluding ortho intramolecular Hbond substituents is 1. The van der Waals surface area contributed by atoms with Gasteiger partial charge in [-0.25, -0.2) is 0 Å². The SMILES string of the molecule is Cc1c(C(CN)C(=O)O)ccc(O)c1Br. The molecule has 4 nitrogen and oxygen atoms in total. The fourth-order valence-electron chi connectivity index (χ4n) is 1.42. The monoisotopic (exact) mass is 273 g/mol. The number of carboxylic acid groups (broad SMARTS) is 1. The molecular formula is C10H12BrNO3. The topological polar surface area (TPSA) is 83.6 Å². The molecule has 0 heterocycles. The van der Waals surface area contributed by atoms with Gasteiger partial charge in [0.05, 0.1) is 10.4 Å². The number of carboxylic acids is 1. The maximum absolute atomic E-state index is 10.9. The van der Waals surface area contributed by atoms with Gasteiger partial charge >= 0.3 is 5.97 Å². The molecule has 0 radical (unpaired) electrons. The Morgan fingerprint density at radius 2 is 2.20 bits per heavy atom. The Balaban J connectivity index is 3.25. The molecule has 0 saturated carbocycles. The van der Waals surface area contributed by atoms with E-state index >= 15 is 0 Å². The van der Waals surface area contributed by atoms with Crippen molar-refractivity contribution in [3.05, 3.63) is 27.7 Å². The zero-order valence-corrected chi connectivity index (χ0v) is 9.78. The van der Waals surface area contributed by atoms with Gasteiger partial charge in [0.15, 0.2) is 0 Å². The van der Waals surface area contributed by atoms with Crippen molar-refractivity contribution in [1.29, 1.82) is 0 Å². The first-order chi connectivity index (χ1) is 6.99. The summed E-state index contributed by atoms with van der Waals surface area (Å²) in [4.78, 5) is 10.9. The zero-order chi connectivity index (χ0) is 11.6. The smallest absolute Gasteiger partial charge is 0.312 e. The second-order valence-corrected chi connectivity index (χ2v) is 4.03. The number of rotatable bonds is 3. The van der Waals surface area contributed by atoms with Crippen molar-refractivity contribution in [2.24, 2.45) is 5.73 Å². The Labute approximate surface area is 95.8 Å². The standard InChI is InChI=1S/C10H12BrNO3/c1-5-6(7(4-12)10(14)15)2-3-8(13)9(5)11/h2-3,7,13H,4,12H2,1H3,(H,14,15). The third kappa shape index (κ3) is 2.30. The zero-order valence-electron chi connectivity index (χ0n) is 8.20. The summed E-state index contributed by atoms with van der Waals surface area (Å²) in [5, 5.41) is 18.3. The van der Waals surface area contributed by atoms with Gasteiger partial charge in [0.2, 0.25) is 0 Å². The summed E-state index contributed by atoms with van der Waals surface area (Å²) in [6, 6.07) is 3.04. The Morgan fingerprint density at radius 1 is 1.60 bits per heavy atom. The minimum Gasteiger partial charge on any atom is -0.507 e. The van der Waals surface area contributed by atoms with E-state index in [1.165, 1.54) is 6.07 Å². The van der Waals surface area contributed by atoms with Crippen LogP contribution < -0.4 is 5.73 Å². The fourth-order valence-corrected chi connectivity index (χ4v) is 1.79. The van der Waals surface area contributed by atoms with Crippen molar-refractivity contribution >= 4 is 21.9 Å². The highest BCUT2D eigenvalue weighted by atomic mass is 79.9. The quantitative estimate of drug-likeness (QED) is 0.781. The van der Waals surface area contributed by atoms with Crippen LogP contribution in [0.1, 0.15) is 17.0 Å². The molecule has 0 aliphatic rings. The molecule has 1 unspecified atom stereocenters. The van der Waals surface area contributed by atoms with E-state index in [1.807, 2.05) is 0 Å². The van der Waals surface area contributed by atoms with E-state index in [0.29, 0.717) is 15.6 Å². The summed E-state index contributed by atoms with van der Waals surface area (Å²) >= 11 is 3.19. The molecule has 1 aromatic rings. The number of aromatic hydroxyl groups is 1. The van der Waals surface area contributed by atoms with E-state index in [0.717, 1.165) is 0 Å². The minimum absolute atomic E-state index is 0.0351. The molecule has 0 aromatic heterocycles. The number of halogens is 1. The lowest BCUT2D eigenvalue weighted by Crippen LogP contribution is -2.22. The summed E-state index contributed by atoms with van der Waals surface area (Å²) < 4.78 is 0.514. The lowest BCUT2D eigenvalue weighted by atomic mass is 9.95. The number of aliphatic carboxylic acids is 1. The van der Waals surface area contributed by atoms with Crippen molar-refractivity contribution in [2.75, 3.05) is 6.54 Å². The molecule has 15 heavy (non-hydrogen) atoms. The molecule has 0 fully saturated rings. The summed E-state index contributed by atoms with van der Waals surface area (Å²) in [5.74, 6) is -1.60. The Kier molecular flexibility index (Phi) is 3.71. The van der Waals surface area contributed by atoms with E-state index in [1.54, 1.807) is 13.0 Å². The first-order valence-corrected chi connectivity index (χ1v) is 5.19. The van der Waals surface area contributed by atoms with Crippen LogP contribution in [0.3, 0.4) is 0 Å². The van der Waals surface area contributed by atoms with Crippen molar-refractivity contribution in [3.63, 3.8) is 0 Å². The van der Waals surface area contributed by atoms with E-state index in [9.17, 15) is 9.90 Å². The van der Waals surface area contributed by atoms with Crippen LogP contribution in [-0.2, 0) is 4.79 Å². The predicted octanol–water partition coefficient (Wildman–Crippen LogP) is 1.59. The van der Waals surface area contributed by atoms with E-state index in [-0.39, 0.29) is 12.3 Å². The molecule has 0 saturated heterocycles. The van der Waals surface area contributed by atoms with Crippen LogP contribution in [0, 0.1) is 6.92 Å². The highest BCUT2D eigenvalue weighted by Gasteiger charge is 2.21.